The molecule has 1 spiro atoms. The monoisotopic (exact) mass is 420 g/mol. The summed E-state index contributed by atoms with van der Waals surface area (Å²) < 4.78 is 11.7. The van der Waals surface area contributed by atoms with Gasteiger partial charge in [0.05, 0.1) is 10.8 Å². The molecule has 3 fully saturated rings. The Morgan fingerprint density at radius 2 is 1.50 bits per heavy atom. The van der Waals surface area contributed by atoms with E-state index in [0.29, 0.717) is 25.7 Å². The molecule has 170 valence electrons. The fraction of sp³-hybridized carbons (Fsp3) is 0.880. The Bertz CT molecular complexity index is 742. The van der Waals surface area contributed by atoms with E-state index in [9.17, 15) is 14.4 Å². The third-order valence-corrected chi connectivity index (χ3v) is 7.56. The number of ketones is 1. The van der Waals surface area contributed by atoms with Crippen LogP contribution in [0.3, 0.4) is 0 Å². The molecule has 2 bridgehead atoms. The van der Waals surface area contributed by atoms with Crippen LogP contribution in [0.15, 0.2) is 0 Å². The summed E-state index contributed by atoms with van der Waals surface area (Å²) >= 11 is 0. The molecule has 5 nitrogen and oxygen atoms in total. The molecule has 3 saturated carbocycles. The van der Waals surface area contributed by atoms with Gasteiger partial charge in [-0.15, -0.1) is 0 Å². The van der Waals surface area contributed by atoms with E-state index in [2.05, 4.69) is 0 Å². The molecule has 0 aliphatic heterocycles. The number of esters is 2. The van der Waals surface area contributed by atoms with Crippen LogP contribution in [0.4, 0.5) is 0 Å². The van der Waals surface area contributed by atoms with Gasteiger partial charge in [-0.05, 0) is 99.3 Å². The lowest BCUT2D eigenvalue weighted by Gasteiger charge is -2.54. The van der Waals surface area contributed by atoms with Crippen molar-refractivity contribution in [3.63, 3.8) is 0 Å². The second kappa shape index (κ2) is 7.06. The second-order valence-corrected chi connectivity index (χ2v) is 12.5. The summed E-state index contributed by atoms with van der Waals surface area (Å²) in [5, 5.41) is 0. The average molecular weight is 421 g/mol. The lowest BCUT2D eigenvalue weighted by molar-refractivity contribution is -0.191. The molecule has 5 unspecified atom stereocenters. The van der Waals surface area contributed by atoms with Crippen LogP contribution in [-0.2, 0) is 23.9 Å². The maximum Gasteiger partial charge on any atom is 0.312 e. The van der Waals surface area contributed by atoms with Crippen molar-refractivity contribution < 1.29 is 23.9 Å². The minimum atomic E-state index is -0.890. The van der Waals surface area contributed by atoms with Crippen molar-refractivity contribution in [1.29, 1.82) is 0 Å². The number of Topliss-reactive ketones (excluding diaryl/α,β-unsaturated/α-hetero) is 1. The van der Waals surface area contributed by atoms with Gasteiger partial charge in [0.1, 0.15) is 17.0 Å². The van der Waals surface area contributed by atoms with Crippen LogP contribution in [0.2, 0.25) is 0 Å². The quantitative estimate of drug-likeness (QED) is 0.584. The molecule has 0 heterocycles. The van der Waals surface area contributed by atoms with E-state index in [1.54, 1.807) is 0 Å². The van der Waals surface area contributed by atoms with Crippen LogP contribution >= 0.6 is 0 Å². The summed E-state index contributed by atoms with van der Waals surface area (Å²) in [4.78, 5) is 40.5. The smallest absolute Gasteiger partial charge is 0.312 e. The van der Waals surface area contributed by atoms with E-state index in [1.165, 1.54) is 0 Å². The fourth-order valence-corrected chi connectivity index (χ4v) is 6.50. The highest BCUT2D eigenvalue weighted by atomic mass is 16.6. The van der Waals surface area contributed by atoms with Crippen LogP contribution in [-0.4, -0.2) is 28.9 Å². The van der Waals surface area contributed by atoms with Gasteiger partial charge < -0.3 is 9.47 Å². The van der Waals surface area contributed by atoms with E-state index >= 15 is 0 Å². The fourth-order valence-electron chi connectivity index (χ4n) is 6.50. The molecular formula is C25H40O5. The van der Waals surface area contributed by atoms with Crippen LogP contribution in [0.25, 0.3) is 0 Å². The summed E-state index contributed by atoms with van der Waals surface area (Å²) in [6.45, 7) is 15.0. The maximum atomic E-state index is 13.5. The van der Waals surface area contributed by atoms with Crippen LogP contribution < -0.4 is 0 Å². The van der Waals surface area contributed by atoms with E-state index in [-0.39, 0.29) is 29.6 Å². The van der Waals surface area contributed by atoms with Crippen molar-refractivity contribution in [2.45, 2.75) is 112 Å². The Morgan fingerprint density at radius 3 is 1.97 bits per heavy atom. The van der Waals surface area contributed by atoms with Crippen LogP contribution in [0.5, 0.6) is 0 Å². The lowest BCUT2D eigenvalue weighted by atomic mass is 9.48. The molecule has 0 aromatic heterocycles. The zero-order valence-corrected chi connectivity index (χ0v) is 20.1. The number of hydrogen-bond acceptors (Lipinski definition) is 5. The molecule has 0 N–H and O–H groups in total. The van der Waals surface area contributed by atoms with Crippen molar-refractivity contribution in [3.05, 3.63) is 0 Å². The SMILES string of the molecule is CCC1(C(=O)OC(C)(C)C)CC(C)(C(=O)OC(C)(C)C)CC2(C1)C(=O)C1CCC2C1. The molecule has 5 atom stereocenters. The predicted molar refractivity (Wildman–Crippen MR) is 115 cm³/mol. The summed E-state index contributed by atoms with van der Waals surface area (Å²) in [5.41, 5.74) is -3.59. The van der Waals surface area contributed by atoms with Crippen molar-refractivity contribution in [2.75, 3.05) is 0 Å². The maximum absolute atomic E-state index is 13.5. The first-order chi connectivity index (χ1) is 13.6. The molecule has 0 saturated heterocycles. The summed E-state index contributed by atoms with van der Waals surface area (Å²) in [6.07, 6.45) is 4.76. The number of rotatable bonds is 3. The first-order valence-electron chi connectivity index (χ1n) is 11.6. The molecule has 30 heavy (non-hydrogen) atoms. The average Bonchev–Trinajstić information content (AvgIpc) is 3.14. The van der Waals surface area contributed by atoms with Gasteiger partial charge in [0.15, 0.2) is 0 Å². The largest absolute Gasteiger partial charge is 0.460 e. The number of ether oxygens (including phenoxy) is 2. The third-order valence-electron chi connectivity index (χ3n) is 7.56. The molecule has 5 heteroatoms. The standard InChI is InChI=1S/C25H40O5/c1-9-24(20(28)30-22(5,6)7)13-23(8,19(27)29-21(2,3)4)14-25(15-24)17-11-10-16(12-17)18(25)26/h16-17H,9-15H2,1-8H3. The van der Waals surface area contributed by atoms with Gasteiger partial charge in [-0.25, -0.2) is 0 Å². The van der Waals surface area contributed by atoms with Gasteiger partial charge in [-0.2, -0.15) is 0 Å². The zero-order valence-electron chi connectivity index (χ0n) is 20.1. The lowest BCUT2D eigenvalue weighted by Crippen LogP contribution is -2.57. The van der Waals surface area contributed by atoms with Gasteiger partial charge >= 0.3 is 11.9 Å². The van der Waals surface area contributed by atoms with E-state index in [0.717, 1.165) is 19.3 Å². The normalized spacial score (nSPS) is 38.7. The molecule has 3 aliphatic rings. The molecule has 0 aromatic carbocycles. The minimum Gasteiger partial charge on any atom is -0.460 e. The number of hydrogen-bond donors (Lipinski definition) is 0. The Labute approximate surface area is 181 Å². The van der Waals surface area contributed by atoms with Gasteiger partial charge in [0.25, 0.3) is 0 Å². The predicted octanol–water partition coefficient (Wildman–Crippen LogP) is 5.24. The summed E-state index contributed by atoms with van der Waals surface area (Å²) in [6, 6.07) is 0. The number of carbonyl (C=O) groups excluding carboxylic acids is 3. The molecular weight excluding hydrogens is 380 g/mol. The highest BCUT2D eigenvalue weighted by Crippen LogP contribution is 2.67. The molecule has 0 radical (unpaired) electrons. The summed E-state index contributed by atoms with van der Waals surface area (Å²) in [5.74, 6) is 0.0391. The number of carbonyl (C=O) groups is 3. The minimum absolute atomic E-state index is 0.0872. The summed E-state index contributed by atoms with van der Waals surface area (Å²) in [7, 11) is 0. The first-order valence-corrected chi connectivity index (χ1v) is 11.6. The van der Waals surface area contributed by atoms with Crippen molar-refractivity contribution in [3.8, 4) is 0 Å². The van der Waals surface area contributed by atoms with E-state index in [1.807, 2.05) is 55.4 Å². The van der Waals surface area contributed by atoms with Crippen molar-refractivity contribution in [1.82, 2.24) is 0 Å². The molecule has 3 rings (SSSR count). The Morgan fingerprint density at radius 1 is 0.933 bits per heavy atom. The van der Waals surface area contributed by atoms with E-state index < -0.39 is 27.4 Å². The van der Waals surface area contributed by atoms with Crippen LogP contribution in [0, 0.1) is 28.1 Å². The highest BCUT2D eigenvalue weighted by molar-refractivity contribution is 5.93. The zero-order chi connectivity index (χ0) is 22.8. The van der Waals surface area contributed by atoms with E-state index in [4.69, 9.17) is 9.47 Å². The molecule has 0 amide bonds. The van der Waals surface area contributed by atoms with Crippen molar-refractivity contribution in [2.24, 2.45) is 28.1 Å². The van der Waals surface area contributed by atoms with Crippen LogP contribution in [0.1, 0.15) is 100 Å². The Kier molecular flexibility index (Phi) is 5.48. The Balaban J connectivity index is 2.06. The first kappa shape index (κ1) is 23.3. The van der Waals surface area contributed by atoms with Gasteiger partial charge in [-0.1, -0.05) is 6.92 Å². The molecule has 3 aliphatic carbocycles. The second-order valence-electron chi connectivity index (χ2n) is 12.5. The molecule has 0 aromatic rings. The Hall–Kier alpha value is -1.39. The number of fused-ring (bicyclic) bond motifs is 3. The third kappa shape index (κ3) is 3.93. The highest BCUT2D eigenvalue weighted by Gasteiger charge is 2.68. The van der Waals surface area contributed by atoms with Gasteiger partial charge in [-0.3, -0.25) is 14.4 Å². The van der Waals surface area contributed by atoms with Gasteiger partial charge in [0.2, 0.25) is 0 Å². The topological polar surface area (TPSA) is 69.7 Å². The van der Waals surface area contributed by atoms with Crippen molar-refractivity contribution >= 4 is 17.7 Å². The van der Waals surface area contributed by atoms with Gasteiger partial charge in [0, 0.05) is 11.3 Å².